The van der Waals surface area contributed by atoms with E-state index in [1.807, 2.05) is 57.2 Å². The molecule has 1 atom stereocenters. The molecule has 6 heteroatoms. The molecule has 0 aromatic heterocycles. The summed E-state index contributed by atoms with van der Waals surface area (Å²) in [6, 6.07) is 12.5. The number of nitrogens with zero attached hydrogens (tertiary/aromatic N) is 1. The lowest BCUT2D eigenvalue weighted by Crippen LogP contribution is -2.48. The molecular weight excluding hydrogens is 348 g/mol. The summed E-state index contributed by atoms with van der Waals surface area (Å²) in [5.74, 6) is -0.334. The first-order valence-electron chi connectivity index (χ1n) is 8.50. The van der Waals surface area contributed by atoms with Crippen LogP contribution in [0.25, 0.3) is 0 Å². The number of nitrogens with one attached hydrogen (secondary N) is 1. The summed E-state index contributed by atoms with van der Waals surface area (Å²) in [6.07, 6.45) is 1.12. The zero-order chi connectivity index (χ0) is 19.5. The van der Waals surface area contributed by atoms with E-state index in [1.165, 1.54) is 4.31 Å². The Hall–Kier alpha value is -2.34. The van der Waals surface area contributed by atoms with Crippen molar-refractivity contribution in [1.82, 2.24) is 5.32 Å². The summed E-state index contributed by atoms with van der Waals surface area (Å²) in [7, 11) is -3.62. The van der Waals surface area contributed by atoms with Crippen LogP contribution >= 0.6 is 0 Å². The second-order valence-corrected chi connectivity index (χ2v) is 8.53. The topological polar surface area (TPSA) is 66.5 Å². The Labute approximate surface area is 156 Å². The van der Waals surface area contributed by atoms with Crippen molar-refractivity contribution in [3.8, 4) is 0 Å². The largest absolute Gasteiger partial charge is 0.350 e. The van der Waals surface area contributed by atoms with Crippen LogP contribution in [0, 0.1) is 20.8 Å². The summed E-state index contributed by atoms with van der Waals surface area (Å²) >= 11 is 0. The van der Waals surface area contributed by atoms with Gasteiger partial charge in [-0.05, 0) is 56.0 Å². The van der Waals surface area contributed by atoms with Gasteiger partial charge in [-0.3, -0.25) is 9.10 Å². The van der Waals surface area contributed by atoms with Crippen molar-refractivity contribution in [3.63, 3.8) is 0 Å². The number of amides is 1. The Morgan fingerprint density at radius 3 is 2.35 bits per heavy atom. The number of anilines is 1. The van der Waals surface area contributed by atoms with Crippen molar-refractivity contribution in [1.29, 1.82) is 0 Å². The minimum Gasteiger partial charge on any atom is -0.350 e. The lowest BCUT2D eigenvalue weighted by Gasteiger charge is -2.29. The molecule has 140 valence electrons. The van der Waals surface area contributed by atoms with E-state index in [0.29, 0.717) is 12.2 Å². The van der Waals surface area contributed by atoms with Crippen molar-refractivity contribution >= 4 is 21.6 Å². The van der Waals surface area contributed by atoms with E-state index in [9.17, 15) is 13.2 Å². The molecule has 0 fully saturated rings. The first-order chi connectivity index (χ1) is 12.1. The van der Waals surface area contributed by atoms with Gasteiger partial charge in [0.25, 0.3) is 0 Å². The average molecular weight is 375 g/mol. The number of carbonyl (C=O) groups excluding carboxylic acids is 1. The summed E-state index contributed by atoms with van der Waals surface area (Å²) in [6.45, 7) is 7.68. The number of hydrogen-bond acceptors (Lipinski definition) is 3. The molecular formula is C20H26N2O3S. The van der Waals surface area contributed by atoms with Crippen LogP contribution in [-0.2, 0) is 21.4 Å². The van der Waals surface area contributed by atoms with Gasteiger partial charge < -0.3 is 5.32 Å². The molecule has 0 saturated heterocycles. The third-order valence-electron chi connectivity index (χ3n) is 4.40. The highest BCUT2D eigenvalue weighted by Crippen LogP contribution is 2.26. The highest BCUT2D eigenvalue weighted by molar-refractivity contribution is 7.92. The van der Waals surface area contributed by atoms with E-state index in [1.54, 1.807) is 13.0 Å². The van der Waals surface area contributed by atoms with Crippen molar-refractivity contribution in [2.75, 3.05) is 10.6 Å². The van der Waals surface area contributed by atoms with Gasteiger partial charge in [0.2, 0.25) is 15.9 Å². The van der Waals surface area contributed by atoms with E-state index in [4.69, 9.17) is 0 Å². The quantitative estimate of drug-likeness (QED) is 0.845. The van der Waals surface area contributed by atoms with E-state index >= 15 is 0 Å². The molecule has 1 N–H and O–H groups in total. The van der Waals surface area contributed by atoms with Gasteiger partial charge in [0.15, 0.2) is 0 Å². The number of hydrogen-bond donors (Lipinski definition) is 1. The molecule has 0 heterocycles. The molecule has 0 bridgehead atoms. The number of carbonyl (C=O) groups is 1. The Morgan fingerprint density at radius 1 is 1.08 bits per heavy atom. The molecule has 0 aliphatic heterocycles. The van der Waals surface area contributed by atoms with Crippen molar-refractivity contribution in [2.24, 2.45) is 0 Å². The van der Waals surface area contributed by atoms with Crippen molar-refractivity contribution < 1.29 is 13.2 Å². The van der Waals surface area contributed by atoms with Crippen molar-refractivity contribution in [3.05, 3.63) is 64.7 Å². The second kappa shape index (κ2) is 7.91. The molecule has 2 rings (SSSR count). The van der Waals surface area contributed by atoms with E-state index in [2.05, 4.69) is 5.32 Å². The minimum absolute atomic E-state index is 0.334. The molecule has 0 unspecified atom stereocenters. The van der Waals surface area contributed by atoms with Crippen molar-refractivity contribution in [2.45, 2.75) is 40.3 Å². The molecule has 0 aliphatic rings. The average Bonchev–Trinajstić information content (AvgIpc) is 2.56. The van der Waals surface area contributed by atoms with Gasteiger partial charge in [0, 0.05) is 6.54 Å². The summed E-state index contributed by atoms with van der Waals surface area (Å²) in [5, 5.41) is 2.85. The first-order valence-corrected chi connectivity index (χ1v) is 10.3. The maximum Gasteiger partial charge on any atom is 0.243 e. The predicted octanol–water partition coefficient (Wildman–Crippen LogP) is 3.08. The van der Waals surface area contributed by atoms with Crippen LogP contribution in [0.1, 0.15) is 29.2 Å². The Kier molecular flexibility index (Phi) is 6.08. The molecule has 0 radical (unpaired) electrons. The highest BCUT2D eigenvalue weighted by Gasteiger charge is 2.30. The standard InChI is InChI=1S/C20H26N2O3S/c1-14-10-11-16(3)19(12-14)22(26(5,24)25)17(4)20(23)21-13-18-9-7-6-8-15(18)2/h6-12,17H,13H2,1-5H3,(H,21,23)/t17-/m1/s1. The van der Waals surface area contributed by atoms with E-state index in [0.717, 1.165) is 28.5 Å². The molecule has 1 amide bonds. The summed E-state index contributed by atoms with van der Waals surface area (Å²) in [4.78, 5) is 12.7. The fourth-order valence-corrected chi connectivity index (χ4v) is 4.10. The van der Waals surface area contributed by atoms with Gasteiger partial charge in [-0.2, -0.15) is 0 Å². The first kappa shape index (κ1) is 20.0. The number of aryl methyl sites for hydroxylation is 3. The second-order valence-electron chi connectivity index (χ2n) is 6.67. The predicted molar refractivity (Wildman–Crippen MR) is 106 cm³/mol. The van der Waals surface area contributed by atoms with Crippen LogP contribution in [-0.4, -0.2) is 26.6 Å². The van der Waals surface area contributed by atoms with Crippen LogP contribution in [0.3, 0.4) is 0 Å². The molecule has 0 aliphatic carbocycles. The Balaban J connectivity index is 2.27. The highest BCUT2D eigenvalue weighted by atomic mass is 32.2. The van der Waals surface area contributed by atoms with Gasteiger partial charge in [-0.1, -0.05) is 36.4 Å². The number of sulfonamides is 1. The minimum atomic E-state index is -3.62. The van der Waals surface area contributed by atoms with Crippen LogP contribution in [0.15, 0.2) is 42.5 Å². The normalized spacial score (nSPS) is 12.5. The van der Waals surface area contributed by atoms with Crippen LogP contribution in [0.5, 0.6) is 0 Å². The number of benzene rings is 2. The molecule has 2 aromatic carbocycles. The zero-order valence-electron chi connectivity index (χ0n) is 15.9. The monoisotopic (exact) mass is 374 g/mol. The van der Waals surface area contributed by atoms with Gasteiger partial charge >= 0.3 is 0 Å². The van der Waals surface area contributed by atoms with Crippen LogP contribution in [0.4, 0.5) is 5.69 Å². The maximum absolute atomic E-state index is 12.7. The number of rotatable bonds is 6. The molecule has 2 aromatic rings. The lowest BCUT2D eigenvalue weighted by atomic mass is 10.1. The fourth-order valence-electron chi connectivity index (χ4n) is 2.88. The summed E-state index contributed by atoms with van der Waals surface area (Å²) in [5.41, 5.74) is 4.36. The molecule has 0 saturated carbocycles. The smallest absolute Gasteiger partial charge is 0.243 e. The Morgan fingerprint density at radius 2 is 1.73 bits per heavy atom. The van der Waals surface area contributed by atoms with E-state index in [-0.39, 0.29) is 5.91 Å². The molecule has 5 nitrogen and oxygen atoms in total. The third kappa shape index (κ3) is 4.64. The summed E-state index contributed by atoms with van der Waals surface area (Å²) < 4.78 is 26.0. The molecule has 26 heavy (non-hydrogen) atoms. The van der Waals surface area contributed by atoms with Crippen LogP contribution < -0.4 is 9.62 Å². The zero-order valence-corrected chi connectivity index (χ0v) is 16.7. The van der Waals surface area contributed by atoms with Gasteiger partial charge in [-0.15, -0.1) is 0 Å². The van der Waals surface area contributed by atoms with Gasteiger partial charge in [0.1, 0.15) is 6.04 Å². The van der Waals surface area contributed by atoms with Gasteiger partial charge in [-0.25, -0.2) is 8.42 Å². The SMILES string of the molecule is Cc1ccc(C)c(N([C@H](C)C(=O)NCc2ccccc2C)S(C)(=O)=O)c1. The van der Waals surface area contributed by atoms with Crippen LogP contribution in [0.2, 0.25) is 0 Å². The lowest BCUT2D eigenvalue weighted by molar-refractivity contribution is -0.122. The maximum atomic E-state index is 12.7. The molecule has 0 spiro atoms. The van der Waals surface area contributed by atoms with Gasteiger partial charge in [0.05, 0.1) is 11.9 Å². The fraction of sp³-hybridized carbons (Fsp3) is 0.350. The van der Waals surface area contributed by atoms with E-state index < -0.39 is 16.1 Å². The third-order valence-corrected chi connectivity index (χ3v) is 5.63. The Bertz CT molecular complexity index is 907.